The fraction of sp³-hybridized carbons (Fsp3) is 0.533. The van der Waals surface area contributed by atoms with Crippen LogP contribution in [-0.4, -0.2) is 38.7 Å². The first kappa shape index (κ1) is 16.9. The van der Waals surface area contributed by atoms with Gasteiger partial charge in [0.05, 0.1) is 4.90 Å². The Bertz CT molecular complexity index is 650. The summed E-state index contributed by atoms with van der Waals surface area (Å²) in [5.74, 6) is -1.09. The van der Waals surface area contributed by atoms with Crippen molar-refractivity contribution in [1.29, 1.82) is 0 Å². The van der Waals surface area contributed by atoms with Gasteiger partial charge in [0, 0.05) is 13.2 Å². The first-order chi connectivity index (χ1) is 10.3. The van der Waals surface area contributed by atoms with Gasteiger partial charge in [-0.2, -0.15) is 4.72 Å². The van der Waals surface area contributed by atoms with Gasteiger partial charge in [-0.1, -0.05) is 17.7 Å². The van der Waals surface area contributed by atoms with Crippen molar-refractivity contribution in [2.75, 3.05) is 13.2 Å². The number of aliphatic carboxylic acids is 1. The molecule has 1 aromatic rings. The summed E-state index contributed by atoms with van der Waals surface area (Å²) < 4.78 is 32.4. The molecule has 1 saturated heterocycles. The lowest BCUT2D eigenvalue weighted by Gasteiger charge is -2.18. The lowest BCUT2D eigenvalue weighted by Crippen LogP contribution is -2.42. The van der Waals surface area contributed by atoms with E-state index in [1.165, 1.54) is 6.07 Å². The minimum absolute atomic E-state index is 0.0721. The van der Waals surface area contributed by atoms with Gasteiger partial charge < -0.3 is 9.84 Å². The summed E-state index contributed by atoms with van der Waals surface area (Å²) in [5, 5.41) is 9.29. The number of carbonyl (C=O) groups is 1. The molecule has 0 bridgehead atoms. The molecule has 0 spiro atoms. The summed E-state index contributed by atoms with van der Waals surface area (Å²) in [5.41, 5.74) is 1.55. The third kappa shape index (κ3) is 4.06. The smallest absolute Gasteiger partial charge is 0.321 e. The second-order valence-corrected chi connectivity index (χ2v) is 7.43. The Morgan fingerprint density at radius 2 is 2.18 bits per heavy atom. The number of carboxylic acid groups (broad SMARTS) is 1. The fourth-order valence-corrected chi connectivity index (χ4v) is 4.08. The highest BCUT2D eigenvalue weighted by Gasteiger charge is 2.30. The minimum Gasteiger partial charge on any atom is -0.480 e. The molecule has 122 valence electrons. The zero-order valence-corrected chi connectivity index (χ0v) is 13.5. The number of carboxylic acids is 1. The summed E-state index contributed by atoms with van der Waals surface area (Å²) in [7, 11) is -3.87. The molecule has 22 heavy (non-hydrogen) atoms. The van der Waals surface area contributed by atoms with Crippen LogP contribution in [0, 0.1) is 19.8 Å². The van der Waals surface area contributed by atoms with Gasteiger partial charge in [0.2, 0.25) is 10.0 Å². The third-order valence-corrected chi connectivity index (χ3v) is 5.44. The molecule has 1 heterocycles. The SMILES string of the molecule is Cc1ccc(S(=O)(=O)NC(CC2CCOC2)C(=O)O)c(C)c1. The molecule has 1 aromatic carbocycles. The molecular weight excluding hydrogens is 306 g/mol. The number of ether oxygens (including phenoxy) is 1. The maximum atomic E-state index is 12.4. The molecule has 1 aliphatic rings. The van der Waals surface area contributed by atoms with Crippen LogP contribution in [0.25, 0.3) is 0 Å². The van der Waals surface area contributed by atoms with E-state index in [9.17, 15) is 18.3 Å². The number of hydrogen-bond acceptors (Lipinski definition) is 4. The molecule has 7 heteroatoms. The molecule has 1 aliphatic heterocycles. The zero-order chi connectivity index (χ0) is 16.3. The van der Waals surface area contributed by atoms with Gasteiger partial charge >= 0.3 is 5.97 Å². The zero-order valence-electron chi connectivity index (χ0n) is 12.7. The quantitative estimate of drug-likeness (QED) is 0.825. The molecule has 2 atom stereocenters. The monoisotopic (exact) mass is 327 g/mol. The van der Waals surface area contributed by atoms with E-state index in [1.807, 2.05) is 6.92 Å². The highest BCUT2D eigenvalue weighted by Crippen LogP contribution is 2.21. The van der Waals surface area contributed by atoms with Crippen LogP contribution in [0.4, 0.5) is 0 Å². The van der Waals surface area contributed by atoms with Crippen molar-refractivity contribution >= 4 is 16.0 Å². The molecule has 2 unspecified atom stereocenters. The Morgan fingerprint density at radius 1 is 1.45 bits per heavy atom. The van der Waals surface area contributed by atoms with Crippen LogP contribution < -0.4 is 4.72 Å². The number of aryl methyl sites for hydroxylation is 2. The van der Waals surface area contributed by atoms with E-state index in [0.29, 0.717) is 18.8 Å². The first-order valence-electron chi connectivity index (χ1n) is 7.20. The van der Waals surface area contributed by atoms with E-state index in [2.05, 4.69) is 4.72 Å². The van der Waals surface area contributed by atoms with Crippen molar-refractivity contribution in [3.63, 3.8) is 0 Å². The summed E-state index contributed by atoms with van der Waals surface area (Å²) in [6.45, 7) is 4.65. The molecule has 6 nitrogen and oxygen atoms in total. The third-order valence-electron chi connectivity index (χ3n) is 3.81. The summed E-state index contributed by atoms with van der Waals surface area (Å²) in [6.07, 6.45) is 0.995. The van der Waals surface area contributed by atoms with Crippen LogP contribution in [0.2, 0.25) is 0 Å². The van der Waals surface area contributed by atoms with Gasteiger partial charge in [-0.05, 0) is 44.2 Å². The molecule has 1 fully saturated rings. The van der Waals surface area contributed by atoms with E-state index in [1.54, 1.807) is 19.1 Å². The van der Waals surface area contributed by atoms with Crippen LogP contribution >= 0.6 is 0 Å². The molecule has 0 aliphatic carbocycles. The maximum absolute atomic E-state index is 12.4. The molecule has 0 saturated carbocycles. The van der Waals surface area contributed by atoms with E-state index < -0.39 is 22.0 Å². The second-order valence-electron chi connectivity index (χ2n) is 5.75. The van der Waals surface area contributed by atoms with E-state index in [4.69, 9.17) is 4.74 Å². The standard InChI is InChI=1S/C15H21NO5S/c1-10-3-4-14(11(2)7-10)22(19,20)16-13(15(17)18)8-12-5-6-21-9-12/h3-4,7,12-13,16H,5-6,8-9H2,1-2H3,(H,17,18). The summed E-state index contributed by atoms with van der Waals surface area (Å²) >= 11 is 0. The average molecular weight is 327 g/mol. The molecular formula is C15H21NO5S. The molecule has 0 aromatic heterocycles. The minimum atomic E-state index is -3.87. The number of nitrogens with one attached hydrogen (secondary N) is 1. The Kier molecular flexibility index (Phi) is 5.20. The lowest BCUT2D eigenvalue weighted by atomic mass is 10.00. The highest BCUT2D eigenvalue weighted by molar-refractivity contribution is 7.89. The van der Waals surface area contributed by atoms with Gasteiger partial charge in [0.25, 0.3) is 0 Å². The molecule has 2 N–H and O–H groups in total. The Balaban J connectivity index is 2.18. The number of hydrogen-bond donors (Lipinski definition) is 2. The Morgan fingerprint density at radius 3 is 2.73 bits per heavy atom. The van der Waals surface area contributed by atoms with Crippen molar-refractivity contribution in [3.8, 4) is 0 Å². The van der Waals surface area contributed by atoms with Gasteiger partial charge in [0.15, 0.2) is 0 Å². The maximum Gasteiger partial charge on any atom is 0.321 e. The van der Waals surface area contributed by atoms with E-state index >= 15 is 0 Å². The normalized spacial score (nSPS) is 20.0. The molecule has 0 radical (unpaired) electrons. The highest BCUT2D eigenvalue weighted by atomic mass is 32.2. The first-order valence-corrected chi connectivity index (χ1v) is 8.68. The lowest BCUT2D eigenvalue weighted by molar-refractivity contribution is -0.139. The predicted octanol–water partition coefficient (Wildman–Crippen LogP) is 1.46. The topological polar surface area (TPSA) is 92.7 Å². The Hall–Kier alpha value is -1.44. The van der Waals surface area contributed by atoms with Gasteiger partial charge in [-0.15, -0.1) is 0 Å². The van der Waals surface area contributed by atoms with Crippen LogP contribution in [0.5, 0.6) is 0 Å². The average Bonchev–Trinajstić information content (AvgIpc) is 2.90. The number of benzene rings is 1. The summed E-state index contributed by atoms with van der Waals surface area (Å²) in [6, 6.07) is 3.82. The van der Waals surface area contributed by atoms with Gasteiger partial charge in [0.1, 0.15) is 6.04 Å². The largest absolute Gasteiger partial charge is 0.480 e. The van der Waals surface area contributed by atoms with Crippen molar-refractivity contribution in [3.05, 3.63) is 29.3 Å². The van der Waals surface area contributed by atoms with Gasteiger partial charge in [-0.25, -0.2) is 8.42 Å². The number of rotatable bonds is 6. The van der Waals surface area contributed by atoms with Crippen molar-refractivity contribution < 1.29 is 23.1 Å². The predicted molar refractivity (Wildman–Crippen MR) is 81.2 cm³/mol. The number of sulfonamides is 1. The van der Waals surface area contributed by atoms with Gasteiger partial charge in [-0.3, -0.25) is 4.79 Å². The van der Waals surface area contributed by atoms with Crippen LogP contribution in [0.1, 0.15) is 24.0 Å². The van der Waals surface area contributed by atoms with Crippen molar-refractivity contribution in [2.45, 2.75) is 37.6 Å². The van der Waals surface area contributed by atoms with Crippen molar-refractivity contribution in [1.82, 2.24) is 4.72 Å². The fourth-order valence-electron chi connectivity index (χ4n) is 2.65. The molecule has 2 rings (SSSR count). The Labute approximate surface area is 130 Å². The molecule has 0 amide bonds. The van der Waals surface area contributed by atoms with E-state index in [-0.39, 0.29) is 17.2 Å². The van der Waals surface area contributed by atoms with Crippen LogP contribution in [-0.2, 0) is 19.6 Å². The van der Waals surface area contributed by atoms with Crippen LogP contribution in [0.15, 0.2) is 23.1 Å². The van der Waals surface area contributed by atoms with Crippen molar-refractivity contribution in [2.24, 2.45) is 5.92 Å². The van der Waals surface area contributed by atoms with Crippen LogP contribution in [0.3, 0.4) is 0 Å². The summed E-state index contributed by atoms with van der Waals surface area (Å²) in [4.78, 5) is 11.5. The van der Waals surface area contributed by atoms with E-state index in [0.717, 1.165) is 12.0 Å². The second kappa shape index (κ2) is 6.76.